The van der Waals surface area contributed by atoms with Crippen LogP contribution in [0.25, 0.3) is 0 Å². The maximum Gasteiger partial charge on any atom is 0.129 e. The van der Waals surface area contributed by atoms with Crippen molar-refractivity contribution >= 4 is 0 Å². The van der Waals surface area contributed by atoms with Crippen molar-refractivity contribution in [1.82, 2.24) is 4.57 Å². The van der Waals surface area contributed by atoms with Crippen LogP contribution in [0.2, 0.25) is 0 Å². The molecule has 1 aliphatic carbocycles. The van der Waals surface area contributed by atoms with Crippen molar-refractivity contribution in [1.29, 1.82) is 5.26 Å². The van der Waals surface area contributed by atoms with Gasteiger partial charge < -0.3 is 10.3 Å². The van der Waals surface area contributed by atoms with Gasteiger partial charge in [-0.2, -0.15) is 5.26 Å². The molecule has 1 heterocycles. The highest BCUT2D eigenvalue weighted by Gasteiger charge is 2.17. The summed E-state index contributed by atoms with van der Waals surface area (Å²) in [5.74, 6) is -0.331. The van der Waals surface area contributed by atoms with Crippen LogP contribution in [0.1, 0.15) is 47.6 Å². The van der Waals surface area contributed by atoms with Gasteiger partial charge in [0.2, 0.25) is 0 Å². The van der Waals surface area contributed by atoms with Crippen LogP contribution in [0.5, 0.6) is 0 Å². The van der Waals surface area contributed by atoms with E-state index in [-0.39, 0.29) is 11.9 Å². The maximum absolute atomic E-state index is 14.0. The highest BCUT2D eigenvalue weighted by atomic mass is 19.1. The molecule has 4 heteroatoms. The van der Waals surface area contributed by atoms with Gasteiger partial charge in [0, 0.05) is 30.5 Å². The zero-order chi connectivity index (χ0) is 14.8. The summed E-state index contributed by atoms with van der Waals surface area (Å²) in [6.45, 7) is 0.470. The van der Waals surface area contributed by atoms with E-state index in [0.29, 0.717) is 17.7 Å². The van der Waals surface area contributed by atoms with Crippen LogP contribution >= 0.6 is 0 Å². The summed E-state index contributed by atoms with van der Waals surface area (Å²) in [5, 5.41) is 8.77. The first-order chi connectivity index (χ1) is 10.2. The molecule has 1 unspecified atom stereocenters. The summed E-state index contributed by atoms with van der Waals surface area (Å²) < 4.78 is 16.0. The van der Waals surface area contributed by atoms with Crippen molar-refractivity contribution in [3.05, 3.63) is 58.7 Å². The van der Waals surface area contributed by atoms with Gasteiger partial charge in [-0.25, -0.2) is 4.39 Å². The molecule has 1 aliphatic rings. The van der Waals surface area contributed by atoms with Crippen LogP contribution in [-0.2, 0) is 13.0 Å². The number of benzene rings is 1. The topological polar surface area (TPSA) is 54.7 Å². The van der Waals surface area contributed by atoms with Crippen molar-refractivity contribution in [2.24, 2.45) is 5.73 Å². The molecule has 21 heavy (non-hydrogen) atoms. The Hall–Kier alpha value is -2.12. The van der Waals surface area contributed by atoms with E-state index in [2.05, 4.69) is 6.20 Å². The van der Waals surface area contributed by atoms with Crippen molar-refractivity contribution in [3.8, 4) is 6.07 Å². The Balaban J connectivity index is 1.86. The molecule has 0 radical (unpaired) electrons. The van der Waals surface area contributed by atoms with Crippen LogP contribution in [0.15, 0.2) is 30.6 Å². The van der Waals surface area contributed by atoms with Gasteiger partial charge in [0.05, 0.1) is 11.6 Å². The predicted molar refractivity (Wildman–Crippen MR) is 79.1 cm³/mol. The Labute approximate surface area is 123 Å². The summed E-state index contributed by atoms with van der Waals surface area (Å²) in [6.07, 6.45) is 8.52. The molecule has 0 spiro atoms. The number of nitrogens with zero attached hydrogens (tertiary/aromatic N) is 2. The molecule has 0 bridgehead atoms. The number of aryl methyl sites for hydroxylation is 1. The Morgan fingerprint density at radius 2 is 2.19 bits per heavy atom. The van der Waals surface area contributed by atoms with Crippen molar-refractivity contribution < 1.29 is 4.39 Å². The van der Waals surface area contributed by atoms with Crippen LogP contribution in [0.3, 0.4) is 0 Å². The molecule has 0 amide bonds. The highest BCUT2D eigenvalue weighted by Crippen LogP contribution is 2.28. The minimum atomic E-state index is -0.331. The van der Waals surface area contributed by atoms with Gasteiger partial charge in [-0.15, -0.1) is 0 Å². The highest BCUT2D eigenvalue weighted by molar-refractivity contribution is 5.34. The van der Waals surface area contributed by atoms with Crippen LogP contribution in [0, 0.1) is 17.1 Å². The fraction of sp³-hybridized carbons (Fsp3) is 0.353. The van der Waals surface area contributed by atoms with E-state index < -0.39 is 0 Å². The lowest BCUT2D eigenvalue weighted by atomic mass is 10.1. The van der Waals surface area contributed by atoms with Crippen molar-refractivity contribution in [2.75, 3.05) is 0 Å². The fourth-order valence-corrected chi connectivity index (χ4v) is 2.98. The van der Waals surface area contributed by atoms with E-state index in [1.807, 2.05) is 16.8 Å². The molecule has 0 saturated carbocycles. The first-order valence-electron chi connectivity index (χ1n) is 7.30. The molecule has 1 aromatic heterocycles. The quantitative estimate of drug-likeness (QED) is 0.860. The number of hydrogen-bond donors (Lipinski definition) is 1. The molecule has 2 aromatic rings. The SMILES string of the molecule is N#Cc1ccc(Cn2cc3c(c2)C(N)CCCC3)c(F)c1. The Morgan fingerprint density at radius 3 is 2.95 bits per heavy atom. The third-order valence-electron chi connectivity index (χ3n) is 4.14. The Kier molecular flexibility index (Phi) is 3.76. The molecule has 1 atom stereocenters. The first-order valence-corrected chi connectivity index (χ1v) is 7.30. The van der Waals surface area contributed by atoms with Crippen LogP contribution in [0.4, 0.5) is 4.39 Å². The van der Waals surface area contributed by atoms with Gasteiger partial charge in [0.15, 0.2) is 0 Å². The number of hydrogen-bond acceptors (Lipinski definition) is 2. The number of nitriles is 1. The number of fused-ring (bicyclic) bond motifs is 1. The van der Waals surface area contributed by atoms with Gasteiger partial charge in [-0.3, -0.25) is 0 Å². The number of halogens is 1. The summed E-state index contributed by atoms with van der Waals surface area (Å²) in [6, 6.07) is 6.66. The molecule has 1 aromatic carbocycles. The monoisotopic (exact) mass is 283 g/mol. The van der Waals surface area contributed by atoms with Gasteiger partial charge in [-0.05, 0) is 42.5 Å². The summed E-state index contributed by atoms with van der Waals surface area (Å²) in [5.41, 5.74) is 9.62. The molecule has 2 N–H and O–H groups in total. The second kappa shape index (κ2) is 5.71. The Morgan fingerprint density at radius 1 is 1.33 bits per heavy atom. The lowest BCUT2D eigenvalue weighted by Crippen LogP contribution is -2.09. The lowest BCUT2D eigenvalue weighted by molar-refractivity contribution is 0.594. The molecule has 0 aliphatic heterocycles. The van der Waals surface area contributed by atoms with Crippen molar-refractivity contribution in [2.45, 2.75) is 38.3 Å². The lowest BCUT2D eigenvalue weighted by Gasteiger charge is -2.08. The van der Waals surface area contributed by atoms with E-state index in [0.717, 1.165) is 19.3 Å². The molecular weight excluding hydrogens is 265 g/mol. The normalized spacial score (nSPS) is 17.9. The first kappa shape index (κ1) is 13.8. The number of rotatable bonds is 2. The number of aromatic nitrogens is 1. The molecule has 0 fully saturated rings. The zero-order valence-electron chi connectivity index (χ0n) is 11.8. The van der Waals surface area contributed by atoms with Gasteiger partial charge in [0.25, 0.3) is 0 Å². The zero-order valence-corrected chi connectivity index (χ0v) is 11.8. The average molecular weight is 283 g/mol. The molecule has 0 saturated heterocycles. The van der Waals surface area contributed by atoms with E-state index in [1.165, 1.54) is 23.6 Å². The van der Waals surface area contributed by atoms with E-state index in [1.54, 1.807) is 12.1 Å². The fourth-order valence-electron chi connectivity index (χ4n) is 2.98. The Bertz CT molecular complexity index is 697. The van der Waals surface area contributed by atoms with E-state index in [4.69, 9.17) is 11.0 Å². The van der Waals surface area contributed by atoms with Crippen molar-refractivity contribution in [3.63, 3.8) is 0 Å². The third-order valence-corrected chi connectivity index (χ3v) is 4.14. The second-order valence-corrected chi connectivity index (χ2v) is 5.68. The third kappa shape index (κ3) is 2.84. The molecule has 3 rings (SSSR count). The molecular formula is C17H18FN3. The summed E-state index contributed by atoms with van der Waals surface area (Å²) >= 11 is 0. The summed E-state index contributed by atoms with van der Waals surface area (Å²) in [7, 11) is 0. The number of nitrogens with two attached hydrogens (primary N) is 1. The van der Waals surface area contributed by atoms with Gasteiger partial charge in [0.1, 0.15) is 5.82 Å². The molecule has 3 nitrogen and oxygen atoms in total. The largest absolute Gasteiger partial charge is 0.349 e. The van der Waals surface area contributed by atoms with Gasteiger partial charge in [-0.1, -0.05) is 12.5 Å². The maximum atomic E-state index is 14.0. The summed E-state index contributed by atoms with van der Waals surface area (Å²) in [4.78, 5) is 0. The van der Waals surface area contributed by atoms with Crippen LogP contribution < -0.4 is 5.73 Å². The minimum absolute atomic E-state index is 0.0922. The standard InChI is InChI=1S/C17H18FN3/c18-16-7-12(8-19)5-6-14(16)10-21-9-13-3-1-2-4-17(20)15(13)11-21/h5-7,9,11,17H,1-4,10,20H2. The average Bonchev–Trinajstić information content (AvgIpc) is 2.81. The minimum Gasteiger partial charge on any atom is -0.349 e. The van der Waals surface area contributed by atoms with E-state index >= 15 is 0 Å². The van der Waals surface area contributed by atoms with Crippen LogP contribution in [-0.4, -0.2) is 4.57 Å². The second-order valence-electron chi connectivity index (χ2n) is 5.68. The van der Waals surface area contributed by atoms with E-state index in [9.17, 15) is 4.39 Å². The molecule has 108 valence electrons. The van der Waals surface area contributed by atoms with Gasteiger partial charge >= 0.3 is 0 Å². The smallest absolute Gasteiger partial charge is 0.129 e. The predicted octanol–water partition coefficient (Wildman–Crippen LogP) is 3.27.